The minimum Gasteiger partial charge on any atom is -0.328 e. The molecule has 0 fully saturated rings. The van der Waals surface area contributed by atoms with E-state index < -0.39 is 0 Å². The lowest BCUT2D eigenvalue weighted by atomic mass is 10.2. The Kier molecular flexibility index (Phi) is 3.83. The van der Waals surface area contributed by atoms with E-state index in [0.29, 0.717) is 0 Å². The largest absolute Gasteiger partial charge is 0.328 e. The van der Waals surface area contributed by atoms with E-state index in [0.717, 1.165) is 45.5 Å². The van der Waals surface area contributed by atoms with Crippen LogP contribution in [0.3, 0.4) is 0 Å². The number of aryl methyl sites for hydroxylation is 2. The SMILES string of the molecule is CCCc1nn(C)c2c1[nH]c(=S)n2Cc1cc(Br)cs1. The van der Waals surface area contributed by atoms with Gasteiger partial charge in [0.1, 0.15) is 5.52 Å². The Morgan fingerprint density at radius 1 is 1.50 bits per heavy atom. The third-order valence-corrected chi connectivity index (χ3v) is 5.25. The van der Waals surface area contributed by atoms with Gasteiger partial charge in [-0.1, -0.05) is 13.3 Å². The molecule has 7 heteroatoms. The fraction of sp³-hybridized carbons (Fsp3) is 0.385. The van der Waals surface area contributed by atoms with Gasteiger partial charge in [0.15, 0.2) is 10.4 Å². The van der Waals surface area contributed by atoms with E-state index in [9.17, 15) is 0 Å². The number of nitrogens with zero attached hydrogens (tertiary/aromatic N) is 3. The number of nitrogens with one attached hydrogen (secondary N) is 1. The maximum atomic E-state index is 5.48. The molecule has 1 N–H and O–H groups in total. The summed E-state index contributed by atoms with van der Waals surface area (Å²) >= 11 is 10.7. The summed E-state index contributed by atoms with van der Waals surface area (Å²) in [6, 6.07) is 2.13. The second-order valence-electron chi connectivity index (χ2n) is 4.77. The van der Waals surface area contributed by atoms with Crippen molar-refractivity contribution < 1.29 is 0 Å². The van der Waals surface area contributed by atoms with Crippen LogP contribution in [-0.2, 0) is 20.0 Å². The van der Waals surface area contributed by atoms with E-state index in [1.165, 1.54) is 4.88 Å². The van der Waals surface area contributed by atoms with Crippen molar-refractivity contribution in [2.45, 2.75) is 26.3 Å². The molecule has 3 aromatic rings. The number of hydrogen-bond donors (Lipinski definition) is 1. The first-order chi connectivity index (χ1) is 9.60. The number of rotatable bonds is 4. The molecule has 0 spiro atoms. The van der Waals surface area contributed by atoms with E-state index in [1.54, 1.807) is 11.3 Å². The van der Waals surface area contributed by atoms with Gasteiger partial charge in [0.2, 0.25) is 0 Å². The molecule has 0 atom stereocenters. The molecular formula is C13H15BrN4S2. The van der Waals surface area contributed by atoms with Crippen molar-refractivity contribution in [1.82, 2.24) is 19.3 Å². The van der Waals surface area contributed by atoms with Gasteiger partial charge in [-0.3, -0.25) is 9.25 Å². The molecule has 0 saturated carbocycles. The Balaban J connectivity index is 2.10. The second-order valence-corrected chi connectivity index (χ2v) is 7.06. The van der Waals surface area contributed by atoms with Crippen molar-refractivity contribution >= 4 is 50.6 Å². The van der Waals surface area contributed by atoms with E-state index in [2.05, 4.69) is 48.9 Å². The number of halogens is 1. The van der Waals surface area contributed by atoms with Gasteiger partial charge >= 0.3 is 0 Å². The predicted octanol–water partition coefficient (Wildman–Crippen LogP) is 4.26. The van der Waals surface area contributed by atoms with Crippen LogP contribution in [0.25, 0.3) is 11.2 Å². The quantitative estimate of drug-likeness (QED) is 0.696. The maximum absolute atomic E-state index is 5.48. The summed E-state index contributed by atoms with van der Waals surface area (Å²) in [5, 5.41) is 6.69. The molecule has 0 aliphatic rings. The van der Waals surface area contributed by atoms with Crippen LogP contribution in [0.2, 0.25) is 0 Å². The van der Waals surface area contributed by atoms with Crippen molar-refractivity contribution in [3.8, 4) is 0 Å². The average Bonchev–Trinajstić information content (AvgIpc) is 3.02. The monoisotopic (exact) mass is 370 g/mol. The summed E-state index contributed by atoms with van der Waals surface area (Å²) in [5.41, 5.74) is 3.25. The van der Waals surface area contributed by atoms with Crippen LogP contribution in [0.5, 0.6) is 0 Å². The lowest BCUT2D eigenvalue weighted by Crippen LogP contribution is -2.03. The molecule has 0 saturated heterocycles. The van der Waals surface area contributed by atoms with Crippen LogP contribution in [-0.4, -0.2) is 19.3 Å². The summed E-state index contributed by atoms with van der Waals surface area (Å²) in [6.07, 6.45) is 2.05. The number of hydrogen-bond acceptors (Lipinski definition) is 3. The first-order valence-electron chi connectivity index (χ1n) is 6.47. The number of fused-ring (bicyclic) bond motifs is 1. The molecule has 0 bridgehead atoms. The first-order valence-corrected chi connectivity index (χ1v) is 8.55. The highest BCUT2D eigenvalue weighted by Gasteiger charge is 2.15. The molecule has 3 aromatic heterocycles. The zero-order valence-corrected chi connectivity index (χ0v) is 14.5. The fourth-order valence-electron chi connectivity index (χ4n) is 2.43. The maximum Gasteiger partial charge on any atom is 0.179 e. The predicted molar refractivity (Wildman–Crippen MR) is 89.0 cm³/mol. The third kappa shape index (κ3) is 2.38. The van der Waals surface area contributed by atoms with Gasteiger partial charge in [0.05, 0.1) is 12.2 Å². The Morgan fingerprint density at radius 3 is 2.95 bits per heavy atom. The lowest BCUT2D eigenvalue weighted by Gasteiger charge is -2.02. The molecule has 0 aromatic carbocycles. The number of H-pyrrole nitrogens is 1. The number of imidazole rings is 1. The van der Waals surface area contributed by atoms with Gasteiger partial charge in [-0.25, -0.2) is 0 Å². The van der Waals surface area contributed by atoms with E-state index in [1.807, 2.05) is 11.7 Å². The fourth-order valence-corrected chi connectivity index (χ4v) is 4.12. The molecule has 0 amide bonds. The molecular weight excluding hydrogens is 356 g/mol. The zero-order valence-electron chi connectivity index (χ0n) is 11.3. The Labute approximate surface area is 134 Å². The summed E-state index contributed by atoms with van der Waals surface area (Å²) in [6.45, 7) is 2.94. The molecule has 0 aliphatic heterocycles. The van der Waals surface area contributed by atoms with Crippen molar-refractivity contribution in [3.05, 3.63) is 31.3 Å². The smallest absolute Gasteiger partial charge is 0.179 e. The van der Waals surface area contributed by atoms with Crippen molar-refractivity contribution in [1.29, 1.82) is 0 Å². The summed E-state index contributed by atoms with van der Waals surface area (Å²) in [7, 11) is 1.98. The Bertz CT molecular complexity index is 808. The summed E-state index contributed by atoms with van der Waals surface area (Å²) in [5.74, 6) is 0. The lowest BCUT2D eigenvalue weighted by molar-refractivity contribution is 0.706. The highest BCUT2D eigenvalue weighted by molar-refractivity contribution is 9.10. The average molecular weight is 371 g/mol. The number of aromatic nitrogens is 4. The summed E-state index contributed by atoms with van der Waals surface area (Å²) < 4.78 is 5.92. The van der Waals surface area contributed by atoms with Crippen LogP contribution in [0.1, 0.15) is 23.9 Å². The zero-order chi connectivity index (χ0) is 14.3. The van der Waals surface area contributed by atoms with Crippen LogP contribution >= 0.6 is 39.5 Å². The van der Waals surface area contributed by atoms with Gasteiger partial charge < -0.3 is 4.98 Å². The van der Waals surface area contributed by atoms with Crippen LogP contribution in [0.4, 0.5) is 0 Å². The second kappa shape index (κ2) is 5.46. The van der Waals surface area contributed by atoms with Crippen LogP contribution < -0.4 is 0 Å². The topological polar surface area (TPSA) is 38.5 Å². The molecule has 106 valence electrons. The van der Waals surface area contributed by atoms with Crippen molar-refractivity contribution in [3.63, 3.8) is 0 Å². The minimum absolute atomic E-state index is 0.759. The minimum atomic E-state index is 0.759. The molecule has 3 rings (SSSR count). The highest BCUT2D eigenvalue weighted by Crippen LogP contribution is 2.24. The van der Waals surface area contributed by atoms with Crippen LogP contribution in [0.15, 0.2) is 15.9 Å². The molecule has 0 radical (unpaired) electrons. The van der Waals surface area contributed by atoms with Gasteiger partial charge in [0, 0.05) is 21.8 Å². The van der Waals surface area contributed by atoms with Crippen molar-refractivity contribution in [2.24, 2.45) is 7.05 Å². The van der Waals surface area contributed by atoms with E-state index in [4.69, 9.17) is 12.2 Å². The standard InChI is InChI=1S/C13H15BrN4S2/c1-3-4-10-11-12(17(2)16-10)18(13(19)15-11)6-9-5-8(14)7-20-9/h5,7H,3-4,6H2,1-2H3,(H,15,19). The van der Waals surface area contributed by atoms with Gasteiger partial charge in [-0.2, -0.15) is 5.10 Å². The third-order valence-electron chi connectivity index (χ3n) is 3.24. The Morgan fingerprint density at radius 2 is 2.30 bits per heavy atom. The van der Waals surface area contributed by atoms with Crippen molar-refractivity contribution in [2.75, 3.05) is 0 Å². The first kappa shape index (κ1) is 14.0. The summed E-state index contributed by atoms with van der Waals surface area (Å²) in [4.78, 5) is 4.59. The molecule has 3 heterocycles. The molecule has 0 aliphatic carbocycles. The van der Waals surface area contributed by atoms with E-state index >= 15 is 0 Å². The van der Waals surface area contributed by atoms with Gasteiger partial charge in [0.25, 0.3) is 0 Å². The van der Waals surface area contributed by atoms with Crippen LogP contribution in [0, 0.1) is 4.77 Å². The molecule has 20 heavy (non-hydrogen) atoms. The number of thiophene rings is 1. The number of aromatic amines is 1. The van der Waals surface area contributed by atoms with Gasteiger partial charge in [-0.15, -0.1) is 11.3 Å². The van der Waals surface area contributed by atoms with Gasteiger partial charge in [-0.05, 0) is 40.6 Å². The molecule has 0 unspecified atom stereocenters. The Hall–Kier alpha value is -0.920. The normalized spacial score (nSPS) is 11.6. The molecule has 4 nitrogen and oxygen atoms in total. The highest BCUT2D eigenvalue weighted by atomic mass is 79.9. The van der Waals surface area contributed by atoms with E-state index in [-0.39, 0.29) is 0 Å².